The van der Waals surface area contributed by atoms with Gasteiger partial charge in [-0.2, -0.15) is 0 Å². The van der Waals surface area contributed by atoms with Crippen molar-refractivity contribution in [2.75, 3.05) is 0 Å². The second-order valence-corrected chi connectivity index (χ2v) is 6.42. The monoisotopic (exact) mass is 323 g/mol. The van der Waals surface area contributed by atoms with Crippen LogP contribution in [0.25, 0.3) is 0 Å². The smallest absolute Gasteiger partial charge is 0.329 e. The number of thiocarbonyl (C=S) groups is 1. The number of carbonyl (C=O) groups excluding carboxylic acids is 3. The van der Waals surface area contributed by atoms with Gasteiger partial charge in [0.05, 0.1) is 4.20 Å². The second-order valence-electron chi connectivity index (χ2n) is 4.41. The highest BCUT2D eigenvalue weighted by Crippen LogP contribution is 2.21. The summed E-state index contributed by atoms with van der Waals surface area (Å²) in [5, 5.41) is -0.0655. The van der Waals surface area contributed by atoms with E-state index in [1.54, 1.807) is 6.92 Å². The molecular weight excluding hydrogens is 310 g/mol. The Hall–Kier alpha value is -1.73. The van der Waals surface area contributed by atoms with E-state index in [1.165, 1.54) is 0 Å². The summed E-state index contributed by atoms with van der Waals surface area (Å²) >= 11 is 6.41. The van der Waals surface area contributed by atoms with Crippen molar-refractivity contribution in [2.45, 2.75) is 25.0 Å². The molecule has 1 aromatic rings. The van der Waals surface area contributed by atoms with E-state index < -0.39 is 23.0 Å². The number of nitrogens with zero attached hydrogens (tertiary/aromatic N) is 1. The molecule has 2 amide bonds. The van der Waals surface area contributed by atoms with E-state index >= 15 is 0 Å². The predicted molar refractivity (Wildman–Crippen MR) is 82.4 cm³/mol. The van der Waals surface area contributed by atoms with Crippen molar-refractivity contribution >= 4 is 46.0 Å². The molecule has 5 nitrogen and oxygen atoms in total. The van der Waals surface area contributed by atoms with E-state index in [4.69, 9.17) is 17.1 Å². The van der Waals surface area contributed by atoms with Crippen molar-refractivity contribution in [3.8, 4) is 0 Å². The molecule has 21 heavy (non-hydrogen) atoms. The molecule has 1 saturated heterocycles. The molecule has 1 aromatic carbocycles. The Morgan fingerprint density at radius 1 is 1.24 bits per heavy atom. The lowest BCUT2D eigenvalue weighted by atomic mass is 10.2. The first-order valence-corrected chi connectivity index (χ1v) is 7.61. The SMILES string of the molecule is CC(SC(=S)c1ccccc1)C(=O)ON1C(=O)CCC1=O. The highest BCUT2D eigenvalue weighted by molar-refractivity contribution is 8.24. The van der Waals surface area contributed by atoms with E-state index in [0.717, 1.165) is 17.3 Å². The molecule has 1 heterocycles. The Bertz CT molecular complexity index is 572. The molecule has 1 atom stereocenters. The van der Waals surface area contributed by atoms with Gasteiger partial charge >= 0.3 is 5.97 Å². The van der Waals surface area contributed by atoms with Gasteiger partial charge in [-0.15, -0.1) is 5.06 Å². The highest BCUT2D eigenvalue weighted by atomic mass is 32.2. The fourth-order valence-corrected chi connectivity index (χ4v) is 2.97. The average Bonchev–Trinajstić information content (AvgIpc) is 2.79. The molecule has 1 fully saturated rings. The molecule has 1 aliphatic rings. The lowest BCUT2D eigenvalue weighted by molar-refractivity contribution is -0.196. The van der Waals surface area contributed by atoms with E-state index in [9.17, 15) is 14.4 Å². The van der Waals surface area contributed by atoms with Crippen molar-refractivity contribution in [3.05, 3.63) is 35.9 Å². The zero-order chi connectivity index (χ0) is 15.4. The lowest BCUT2D eigenvalue weighted by Crippen LogP contribution is -2.35. The van der Waals surface area contributed by atoms with Crippen LogP contribution in [-0.2, 0) is 19.2 Å². The van der Waals surface area contributed by atoms with E-state index in [1.807, 2.05) is 30.3 Å². The maximum Gasteiger partial charge on any atom is 0.346 e. The lowest BCUT2D eigenvalue weighted by Gasteiger charge is -2.16. The number of imide groups is 1. The van der Waals surface area contributed by atoms with Crippen molar-refractivity contribution < 1.29 is 19.2 Å². The number of rotatable bonds is 4. The van der Waals surface area contributed by atoms with Gasteiger partial charge in [0.15, 0.2) is 0 Å². The maximum absolute atomic E-state index is 11.9. The highest BCUT2D eigenvalue weighted by Gasteiger charge is 2.34. The largest absolute Gasteiger partial charge is 0.346 e. The molecule has 0 aliphatic carbocycles. The van der Waals surface area contributed by atoms with Crippen molar-refractivity contribution in [3.63, 3.8) is 0 Å². The molecule has 7 heteroatoms. The summed E-state index contributed by atoms with van der Waals surface area (Å²) in [6.07, 6.45) is 0.159. The molecule has 0 spiro atoms. The Kier molecular flexibility index (Phi) is 5.08. The third kappa shape index (κ3) is 3.89. The number of hydroxylamine groups is 2. The van der Waals surface area contributed by atoms with Gasteiger partial charge in [0.25, 0.3) is 11.8 Å². The molecule has 0 bridgehead atoms. The van der Waals surface area contributed by atoms with E-state index in [-0.39, 0.29) is 12.8 Å². The molecule has 1 aliphatic heterocycles. The fraction of sp³-hybridized carbons (Fsp3) is 0.286. The molecule has 0 saturated carbocycles. The van der Waals surface area contributed by atoms with Gasteiger partial charge in [-0.05, 0) is 12.5 Å². The summed E-state index contributed by atoms with van der Waals surface area (Å²) in [5.41, 5.74) is 0.838. The van der Waals surface area contributed by atoms with Crippen LogP contribution in [0.4, 0.5) is 0 Å². The summed E-state index contributed by atoms with van der Waals surface area (Å²) in [6, 6.07) is 9.28. The molecular formula is C14H13NO4S2. The molecule has 0 aromatic heterocycles. The number of hydrogen-bond donors (Lipinski definition) is 0. The Balaban J connectivity index is 1.92. The van der Waals surface area contributed by atoms with Gasteiger partial charge in [0.2, 0.25) is 0 Å². The quantitative estimate of drug-likeness (QED) is 0.624. The van der Waals surface area contributed by atoms with Gasteiger partial charge in [0.1, 0.15) is 5.25 Å². The van der Waals surface area contributed by atoms with Gasteiger partial charge in [-0.1, -0.05) is 54.3 Å². The van der Waals surface area contributed by atoms with Crippen LogP contribution in [-0.4, -0.2) is 32.3 Å². The maximum atomic E-state index is 11.9. The summed E-state index contributed by atoms with van der Waals surface area (Å²) in [5.74, 6) is -1.64. The van der Waals surface area contributed by atoms with Crippen LogP contribution < -0.4 is 0 Å². The first-order chi connectivity index (χ1) is 9.99. The zero-order valence-corrected chi connectivity index (χ0v) is 12.9. The second kappa shape index (κ2) is 6.82. The minimum absolute atomic E-state index is 0.0794. The minimum Gasteiger partial charge on any atom is -0.329 e. The molecule has 110 valence electrons. The average molecular weight is 323 g/mol. The van der Waals surface area contributed by atoms with Gasteiger partial charge in [-0.25, -0.2) is 4.79 Å². The van der Waals surface area contributed by atoms with Crippen LogP contribution in [0.2, 0.25) is 0 Å². The minimum atomic E-state index is -0.665. The Labute approximate surface area is 131 Å². The molecule has 1 unspecified atom stereocenters. The van der Waals surface area contributed by atoms with Crippen LogP contribution in [0.15, 0.2) is 30.3 Å². The van der Waals surface area contributed by atoms with Crippen LogP contribution >= 0.6 is 24.0 Å². The predicted octanol–water partition coefficient (Wildman–Crippen LogP) is 2.09. The van der Waals surface area contributed by atoms with Crippen LogP contribution in [0, 0.1) is 0 Å². The topological polar surface area (TPSA) is 63.7 Å². The normalized spacial score (nSPS) is 16.0. The number of hydrogen-bond acceptors (Lipinski definition) is 6. The van der Waals surface area contributed by atoms with Gasteiger partial charge < -0.3 is 4.84 Å². The standard InChI is InChI=1S/C14H13NO4S2/c1-9(21-14(20)10-5-3-2-4-6-10)13(18)19-15-11(16)7-8-12(15)17/h2-6,9H,7-8H2,1H3. The van der Waals surface area contributed by atoms with Gasteiger partial charge in [0, 0.05) is 12.8 Å². The Morgan fingerprint density at radius 3 is 2.38 bits per heavy atom. The molecule has 2 rings (SSSR count). The van der Waals surface area contributed by atoms with Crippen LogP contribution in [0.5, 0.6) is 0 Å². The summed E-state index contributed by atoms with van der Waals surface area (Å²) in [6.45, 7) is 1.62. The first kappa shape index (κ1) is 15.7. The summed E-state index contributed by atoms with van der Waals surface area (Å²) in [4.78, 5) is 39.5. The van der Waals surface area contributed by atoms with Crippen molar-refractivity contribution in [2.24, 2.45) is 0 Å². The van der Waals surface area contributed by atoms with Gasteiger partial charge in [-0.3, -0.25) is 9.59 Å². The number of thioether (sulfide) groups is 1. The van der Waals surface area contributed by atoms with E-state index in [0.29, 0.717) is 9.26 Å². The number of benzene rings is 1. The van der Waals surface area contributed by atoms with Crippen LogP contribution in [0.1, 0.15) is 25.3 Å². The molecule has 0 radical (unpaired) electrons. The van der Waals surface area contributed by atoms with Crippen molar-refractivity contribution in [1.82, 2.24) is 5.06 Å². The zero-order valence-electron chi connectivity index (χ0n) is 11.3. The van der Waals surface area contributed by atoms with Crippen molar-refractivity contribution in [1.29, 1.82) is 0 Å². The third-order valence-electron chi connectivity index (χ3n) is 2.81. The number of amides is 2. The summed E-state index contributed by atoms with van der Waals surface area (Å²) in [7, 11) is 0. The Morgan fingerprint density at radius 2 is 1.81 bits per heavy atom. The first-order valence-electron chi connectivity index (χ1n) is 6.32. The van der Waals surface area contributed by atoms with E-state index in [2.05, 4.69) is 0 Å². The molecule has 0 N–H and O–H groups in total. The number of carbonyl (C=O) groups is 3. The summed E-state index contributed by atoms with van der Waals surface area (Å²) < 4.78 is 0.555. The third-order valence-corrected chi connectivity index (χ3v) is 4.33. The fourth-order valence-electron chi connectivity index (χ4n) is 1.67. The van der Waals surface area contributed by atoms with Crippen LogP contribution in [0.3, 0.4) is 0 Å².